The number of ether oxygens (including phenoxy) is 1. The molecule has 0 bridgehead atoms. The maximum atomic E-state index is 12.6. The third-order valence-corrected chi connectivity index (χ3v) is 4.97. The van der Waals surface area contributed by atoms with E-state index in [1.54, 1.807) is 12.1 Å². The maximum absolute atomic E-state index is 12.6. The normalized spacial score (nSPS) is 19.5. The second kappa shape index (κ2) is 5.89. The zero-order valence-corrected chi connectivity index (χ0v) is 13.6. The fourth-order valence-corrected chi connectivity index (χ4v) is 3.67. The second-order valence-electron chi connectivity index (χ2n) is 6.21. The van der Waals surface area contributed by atoms with Crippen LogP contribution < -0.4 is 4.74 Å². The minimum absolute atomic E-state index is 0.0690. The van der Waals surface area contributed by atoms with Crippen LogP contribution in [0.5, 0.6) is 5.75 Å². The summed E-state index contributed by atoms with van der Waals surface area (Å²) in [7, 11) is 0. The van der Waals surface area contributed by atoms with Crippen LogP contribution in [0.1, 0.15) is 33.8 Å². The minimum atomic E-state index is 0.0690. The first-order chi connectivity index (χ1) is 11.2. The van der Waals surface area contributed by atoms with Crippen LogP contribution >= 0.6 is 11.6 Å². The van der Waals surface area contributed by atoms with Crippen LogP contribution in [-0.4, -0.2) is 30.5 Å². The van der Waals surface area contributed by atoms with E-state index in [1.807, 2.05) is 17.0 Å². The van der Waals surface area contributed by atoms with Crippen LogP contribution in [0.4, 0.5) is 0 Å². The standard InChI is InChI=1S/C19H18ClNO2/c20-17-3-1-2-15(11-17)19(22)21-8-6-16(12-21)13-4-5-18-14(10-13)7-9-23-18/h1-5,10-11,16H,6-9,12H2/t16-/m0/s1. The summed E-state index contributed by atoms with van der Waals surface area (Å²) in [4.78, 5) is 14.5. The number of carbonyl (C=O) groups is 1. The van der Waals surface area contributed by atoms with Crippen LogP contribution in [-0.2, 0) is 6.42 Å². The van der Waals surface area contributed by atoms with Crippen molar-refractivity contribution in [3.05, 3.63) is 64.2 Å². The molecule has 4 rings (SSSR count). The number of benzene rings is 2. The molecule has 1 saturated heterocycles. The Balaban J connectivity index is 1.50. The molecule has 1 amide bonds. The summed E-state index contributed by atoms with van der Waals surface area (Å²) in [5.41, 5.74) is 3.28. The summed E-state index contributed by atoms with van der Waals surface area (Å²) < 4.78 is 5.57. The van der Waals surface area contributed by atoms with Gasteiger partial charge in [-0.2, -0.15) is 0 Å². The number of hydrogen-bond acceptors (Lipinski definition) is 2. The number of hydrogen-bond donors (Lipinski definition) is 0. The summed E-state index contributed by atoms with van der Waals surface area (Å²) in [6.45, 7) is 2.34. The summed E-state index contributed by atoms with van der Waals surface area (Å²) >= 11 is 5.99. The van der Waals surface area contributed by atoms with Crippen LogP contribution in [0, 0.1) is 0 Å². The van der Waals surface area contributed by atoms with Gasteiger partial charge in [0.25, 0.3) is 5.91 Å². The van der Waals surface area contributed by atoms with Gasteiger partial charge >= 0.3 is 0 Å². The minimum Gasteiger partial charge on any atom is -0.493 e. The molecule has 0 radical (unpaired) electrons. The highest BCUT2D eigenvalue weighted by atomic mass is 35.5. The van der Waals surface area contributed by atoms with Crippen LogP contribution in [0.3, 0.4) is 0 Å². The fraction of sp³-hybridized carbons (Fsp3) is 0.316. The largest absolute Gasteiger partial charge is 0.493 e. The van der Waals surface area contributed by atoms with Gasteiger partial charge in [0.05, 0.1) is 6.61 Å². The summed E-state index contributed by atoms with van der Waals surface area (Å²) in [5.74, 6) is 1.49. The van der Waals surface area contributed by atoms with Crippen LogP contribution in [0.15, 0.2) is 42.5 Å². The number of carbonyl (C=O) groups excluding carboxylic acids is 1. The molecule has 3 nitrogen and oxygen atoms in total. The number of nitrogens with zero attached hydrogens (tertiary/aromatic N) is 1. The lowest BCUT2D eigenvalue weighted by Crippen LogP contribution is -2.28. The van der Waals surface area contributed by atoms with E-state index in [-0.39, 0.29) is 5.91 Å². The van der Waals surface area contributed by atoms with Gasteiger partial charge in [-0.1, -0.05) is 29.8 Å². The van der Waals surface area contributed by atoms with Crippen molar-refractivity contribution in [1.29, 1.82) is 0 Å². The Morgan fingerprint density at radius 1 is 1.22 bits per heavy atom. The van der Waals surface area contributed by atoms with E-state index < -0.39 is 0 Å². The lowest BCUT2D eigenvalue weighted by molar-refractivity contribution is 0.0791. The third-order valence-electron chi connectivity index (χ3n) is 4.73. The quantitative estimate of drug-likeness (QED) is 0.837. The zero-order chi connectivity index (χ0) is 15.8. The molecule has 2 aliphatic rings. The molecule has 118 valence electrons. The molecule has 0 aliphatic carbocycles. The molecule has 2 aliphatic heterocycles. The average molecular weight is 328 g/mol. The first-order valence-corrected chi connectivity index (χ1v) is 8.39. The van der Waals surface area contributed by atoms with Gasteiger partial charge in [0.2, 0.25) is 0 Å². The molecule has 0 aromatic heterocycles. The van der Waals surface area contributed by atoms with Crippen molar-refractivity contribution >= 4 is 17.5 Å². The highest BCUT2D eigenvalue weighted by Gasteiger charge is 2.28. The average Bonchev–Trinajstić information content (AvgIpc) is 3.22. The van der Waals surface area contributed by atoms with E-state index in [0.717, 1.165) is 38.3 Å². The van der Waals surface area contributed by atoms with Gasteiger partial charge < -0.3 is 9.64 Å². The van der Waals surface area contributed by atoms with Gasteiger partial charge in [0.15, 0.2) is 0 Å². The third kappa shape index (κ3) is 2.81. The van der Waals surface area contributed by atoms with Crippen molar-refractivity contribution in [2.45, 2.75) is 18.8 Å². The van der Waals surface area contributed by atoms with E-state index in [1.165, 1.54) is 11.1 Å². The molecule has 0 unspecified atom stereocenters. The van der Waals surface area contributed by atoms with Gasteiger partial charge in [-0.25, -0.2) is 0 Å². The van der Waals surface area contributed by atoms with E-state index in [2.05, 4.69) is 18.2 Å². The molecule has 23 heavy (non-hydrogen) atoms. The van der Waals surface area contributed by atoms with Gasteiger partial charge in [-0.15, -0.1) is 0 Å². The highest BCUT2D eigenvalue weighted by molar-refractivity contribution is 6.30. The number of fused-ring (bicyclic) bond motifs is 1. The van der Waals surface area contributed by atoms with Gasteiger partial charge in [0, 0.05) is 36.0 Å². The second-order valence-corrected chi connectivity index (χ2v) is 6.65. The molecule has 0 N–H and O–H groups in total. The smallest absolute Gasteiger partial charge is 0.253 e. The molecule has 2 heterocycles. The summed E-state index contributed by atoms with van der Waals surface area (Å²) in [6.07, 6.45) is 1.99. The molecule has 2 aromatic rings. The van der Waals surface area contributed by atoms with Crippen LogP contribution in [0.2, 0.25) is 5.02 Å². The number of halogens is 1. The van der Waals surface area contributed by atoms with Crippen molar-refractivity contribution in [2.24, 2.45) is 0 Å². The van der Waals surface area contributed by atoms with E-state index in [4.69, 9.17) is 16.3 Å². The Bertz CT molecular complexity index is 759. The van der Waals surface area contributed by atoms with Gasteiger partial charge in [-0.3, -0.25) is 4.79 Å². The maximum Gasteiger partial charge on any atom is 0.253 e. The molecule has 2 aromatic carbocycles. The van der Waals surface area contributed by atoms with Gasteiger partial charge in [-0.05, 0) is 41.8 Å². The number of amides is 1. The molecule has 1 fully saturated rings. The lowest BCUT2D eigenvalue weighted by atomic mass is 9.96. The monoisotopic (exact) mass is 327 g/mol. The number of likely N-dealkylation sites (tertiary alicyclic amines) is 1. The number of rotatable bonds is 2. The molecule has 0 spiro atoms. The van der Waals surface area contributed by atoms with E-state index in [9.17, 15) is 4.79 Å². The van der Waals surface area contributed by atoms with Crippen molar-refractivity contribution in [3.8, 4) is 5.75 Å². The van der Waals surface area contributed by atoms with Crippen molar-refractivity contribution in [1.82, 2.24) is 4.90 Å². The van der Waals surface area contributed by atoms with Crippen molar-refractivity contribution in [3.63, 3.8) is 0 Å². The van der Waals surface area contributed by atoms with Gasteiger partial charge in [0.1, 0.15) is 5.75 Å². The Labute approximate surface area is 140 Å². The Morgan fingerprint density at radius 2 is 2.13 bits per heavy atom. The predicted octanol–water partition coefficient (Wildman–Crippen LogP) is 3.90. The summed E-state index contributed by atoms with van der Waals surface area (Å²) in [5, 5.41) is 0.602. The molecule has 1 atom stereocenters. The lowest BCUT2D eigenvalue weighted by Gasteiger charge is -2.17. The highest BCUT2D eigenvalue weighted by Crippen LogP contribution is 2.33. The molecular formula is C19H18ClNO2. The van der Waals surface area contributed by atoms with Crippen molar-refractivity contribution in [2.75, 3.05) is 19.7 Å². The fourth-order valence-electron chi connectivity index (χ4n) is 3.48. The SMILES string of the molecule is O=C(c1cccc(Cl)c1)N1CC[C@H](c2ccc3c(c2)CCO3)C1. The molecule has 4 heteroatoms. The van der Waals surface area contributed by atoms with Crippen molar-refractivity contribution < 1.29 is 9.53 Å². The first-order valence-electron chi connectivity index (χ1n) is 8.01. The molecule has 0 saturated carbocycles. The first kappa shape index (κ1) is 14.6. The van der Waals surface area contributed by atoms with E-state index >= 15 is 0 Å². The van der Waals surface area contributed by atoms with E-state index in [0.29, 0.717) is 16.5 Å². The van der Waals surface area contributed by atoms with Crippen LogP contribution in [0.25, 0.3) is 0 Å². The molecular weight excluding hydrogens is 310 g/mol. The Hall–Kier alpha value is -2.00. The zero-order valence-electron chi connectivity index (χ0n) is 12.8. The predicted molar refractivity (Wildman–Crippen MR) is 90.4 cm³/mol. The Morgan fingerprint density at radius 3 is 3.00 bits per heavy atom. The topological polar surface area (TPSA) is 29.5 Å². The summed E-state index contributed by atoms with van der Waals surface area (Å²) in [6, 6.07) is 13.6. The Kier molecular flexibility index (Phi) is 3.74.